The molecular weight excluding hydrogens is 429 g/mol. The van der Waals surface area contributed by atoms with E-state index in [1.165, 1.54) is 24.3 Å². The fraction of sp³-hybridized carbons (Fsp3) is 0.0909. The highest BCUT2D eigenvalue weighted by molar-refractivity contribution is 7.99. The molecule has 3 aromatic rings. The molecule has 2 aromatic carbocycles. The number of aryl methyl sites for hydroxylation is 1. The first kappa shape index (κ1) is 21.9. The summed E-state index contributed by atoms with van der Waals surface area (Å²) in [4.78, 5) is 0.565. The molecule has 0 atom stereocenters. The number of anilines is 1. The molecule has 0 fully saturated rings. The van der Waals surface area contributed by atoms with Gasteiger partial charge in [0.25, 0.3) is 5.76 Å². The molecule has 0 aliphatic carbocycles. The number of rotatable bonds is 6. The highest BCUT2D eigenvalue weighted by Crippen LogP contribution is 2.26. The minimum atomic E-state index is -2.50. The molecular formula is C22H17F3N2OS2. The van der Waals surface area contributed by atoms with E-state index in [1.807, 2.05) is 13.0 Å². The number of pyridine rings is 1. The Bertz CT molecular complexity index is 1070. The smallest absolute Gasteiger partial charge is 0.288 e. The van der Waals surface area contributed by atoms with Gasteiger partial charge in [-0.2, -0.15) is 13.3 Å². The number of alkyl halides is 2. The first-order valence-corrected chi connectivity index (χ1v) is 10.1. The monoisotopic (exact) mass is 446 g/mol. The van der Waals surface area contributed by atoms with Crippen LogP contribution in [0.5, 0.6) is 0 Å². The third kappa shape index (κ3) is 5.61. The number of nitrogens with zero attached hydrogens (tertiary/aromatic N) is 1. The number of nitrogens with one attached hydrogen (secondary N) is 1. The molecule has 1 N–H and O–H groups in total. The van der Waals surface area contributed by atoms with Crippen LogP contribution in [-0.2, 0) is 0 Å². The van der Waals surface area contributed by atoms with Crippen molar-refractivity contribution in [1.29, 1.82) is 0 Å². The van der Waals surface area contributed by atoms with Gasteiger partial charge in [-0.1, -0.05) is 36.1 Å². The van der Waals surface area contributed by atoms with Crippen molar-refractivity contribution in [2.24, 2.45) is 0 Å². The Hall–Kier alpha value is -2.84. The van der Waals surface area contributed by atoms with Crippen molar-refractivity contribution in [1.82, 2.24) is 0 Å². The van der Waals surface area contributed by atoms with Crippen LogP contribution in [0.1, 0.15) is 11.1 Å². The van der Waals surface area contributed by atoms with E-state index in [0.29, 0.717) is 22.3 Å². The maximum Gasteiger partial charge on any atom is 0.288 e. The molecule has 3 rings (SSSR count). The summed E-state index contributed by atoms with van der Waals surface area (Å²) >= 11 is 5.94. The highest BCUT2D eigenvalue weighted by atomic mass is 32.2. The van der Waals surface area contributed by atoms with Crippen molar-refractivity contribution in [3.05, 3.63) is 90.0 Å². The lowest BCUT2D eigenvalue weighted by atomic mass is 10.1. The van der Waals surface area contributed by atoms with Crippen molar-refractivity contribution in [2.75, 3.05) is 5.32 Å². The van der Waals surface area contributed by atoms with Crippen molar-refractivity contribution in [2.45, 2.75) is 17.6 Å². The summed E-state index contributed by atoms with van der Waals surface area (Å²) in [5.74, 6) is -3.33. The third-order valence-electron chi connectivity index (χ3n) is 4.08. The van der Waals surface area contributed by atoms with Crippen molar-refractivity contribution in [3.63, 3.8) is 0 Å². The Morgan fingerprint density at radius 2 is 1.73 bits per heavy atom. The number of hydrogen-bond donors (Lipinski definition) is 1. The normalized spacial score (nSPS) is 11.9. The van der Waals surface area contributed by atoms with Gasteiger partial charge in [-0.3, -0.25) is 0 Å². The SMILES string of the molecule is Cc1ccc[n+](/C(C(=S)Nc2ccc(SC(F)F)cc2)=C(/[O-])c2ccc(F)cc2)c1. The number of thiocarbonyl (C=S) groups is 1. The molecule has 1 aromatic heterocycles. The highest BCUT2D eigenvalue weighted by Gasteiger charge is 2.19. The molecule has 30 heavy (non-hydrogen) atoms. The van der Waals surface area contributed by atoms with Gasteiger partial charge < -0.3 is 10.4 Å². The van der Waals surface area contributed by atoms with Gasteiger partial charge in [0.1, 0.15) is 5.82 Å². The van der Waals surface area contributed by atoms with Gasteiger partial charge in [0, 0.05) is 22.2 Å². The third-order valence-corrected chi connectivity index (χ3v) is 5.10. The minimum absolute atomic E-state index is 0.147. The van der Waals surface area contributed by atoms with E-state index < -0.39 is 11.6 Å². The van der Waals surface area contributed by atoms with Gasteiger partial charge >= 0.3 is 0 Å². The second kappa shape index (κ2) is 9.77. The Kier molecular flexibility index (Phi) is 7.12. The Balaban J connectivity index is 1.96. The van der Waals surface area contributed by atoms with E-state index in [1.54, 1.807) is 47.3 Å². The summed E-state index contributed by atoms with van der Waals surface area (Å²) in [6.45, 7) is 1.88. The molecule has 8 heteroatoms. The van der Waals surface area contributed by atoms with Gasteiger partial charge in [0.15, 0.2) is 17.4 Å². The molecule has 0 aliphatic rings. The van der Waals surface area contributed by atoms with Crippen LogP contribution in [0.25, 0.3) is 11.5 Å². The molecule has 0 amide bonds. The summed E-state index contributed by atoms with van der Waals surface area (Å²) < 4.78 is 39.9. The van der Waals surface area contributed by atoms with E-state index in [4.69, 9.17) is 12.2 Å². The molecule has 0 spiro atoms. The van der Waals surface area contributed by atoms with Gasteiger partial charge in [-0.05, 0) is 60.7 Å². The molecule has 3 nitrogen and oxygen atoms in total. The molecule has 0 aliphatic heterocycles. The predicted octanol–water partition coefficient (Wildman–Crippen LogP) is 4.86. The molecule has 0 saturated carbocycles. The van der Waals surface area contributed by atoms with Crippen LogP contribution < -0.4 is 15.0 Å². The summed E-state index contributed by atoms with van der Waals surface area (Å²) in [6, 6.07) is 15.2. The zero-order valence-corrected chi connectivity index (χ0v) is 17.4. The topological polar surface area (TPSA) is 39.0 Å². The second-order valence-corrected chi connectivity index (χ2v) is 7.80. The largest absolute Gasteiger partial charge is 0.867 e. The van der Waals surface area contributed by atoms with E-state index in [0.717, 1.165) is 5.56 Å². The summed E-state index contributed by atoms with van der Waals surface area (Å²) in [6.07, 6.45) is 3.45. The average molecular weight is 447 g/mol. The van der Waals surface area contributed by atoms with E-state index in [2.05, 4.69) is 5.32 Å². The molecule has 1 heterocycles. The molecule has 0 bridgehead atoms. The van der Waals surface area contributed by atoms with Crippen LogP contribution in [0.3, 0.4) is 0 Å². The number of hydrogen-bond acceptors (Lipinski definition) is 3. The standard InChI is InChI=1S/C22H17F3N2OS2/c1-14-3-2-12-27(13-14)19(20(28)15-4-6-16(23)7-5-15)21(29)26-17-8-10-18(11-9-17)30-22(24)25/h2-13,22H,1H3,(H-,26,28,29). The maximum absolute atomic E-state index is 13.3. The van der Waals surface area contributed by atoms with Gasteiger partial charge in [0.2, 0.25) is 5.70 Å². The van der Waals surface area contributed by atoms with Crippen molar-refractivity contribution < 1.29 is 22.8 Å². The Morgan fingerprint density at radius 3 is 2.33 bits per heavy atom. The zero-order chi connectivity index (χ0) is 21.7. The summed E-state index contributed by atoms with van der Waals surface area (Å²) in [7, 11) is 0. The lowest BCUT2D eigenvalue weighted by Crippen LogP contribution is -2.40. The predicted molar refractivity (Wildman–Crippen MR) is 115 cm³/mol. The number of benzene rings is 2. The van der Waals surface area contributed by atoms with Crippen LogP contribution >= 0.6 is 24.0 Å². The molecule has 0 radical (unpaired) electrons. The molecule has 0 saturated heterocycles. The summed E-state index contributed by atoms with van der Waals surface area (Å²) in [5.41, 5.74) is 1.94. The molecule has 0 unspecified atom stereocenters. The number of aromatic nitrogens is 1. The van der Waals surface area contributed by atoms with E-state index in [9.17, 15) is 18.3 Å². The first-order chi connectivity index (χ1) is 14.3. The minimum Gasteiger partial charge on any atom is -0.867 e. The van der Waals surface area contributed by atoms with E-state index >= 15 is 0 Å². The zero-order valence-electron chi connectivity index (χ0n) is 15.8. The van der Waals surface area contributed by atoms with Gasteiger partial charge in [-0.25, -0.2) is 4.39 Å². The van der Waals surface area contributed by atoms with Gasteiger partial charge in [-0.15, -0.1) is 0 Å². The fourth-order valence-corrected chi connectivity index (χ4v) is 3.53. The summed E-state index contributed by atoms with van der Waals surface area (Å²) in [5, 5.41) is 16.2. The van der Waals surface area contributed by atoms with Crippen LogP contribution in [-0.4, -0.2) is 10.7 Å². The lowest BCUT2D eigenvalue weighted by molar-refractivity contribution is -0.578. The van der Waals surface area contributed by atoms with Crippen LogP contribution in [0.2, 0.25) is 0 Å². The second-order valence-electron chi connectivity index (χ2n) is 6.33. The number of halogens is 3. The van der Waals surface area contributed by atoms with Crippen molar-refractivity contribution >= 4 is 46.1 Å². The lowest BCUT2D eigenvalue weighted by Gasteiger charge is -2.17. The first-order valence-electron chi connectivity index (χ1n) is 8.85. The average Bonchev–Trinajstić information content (AvgIpc) is 2.70. The van der Waals surface area contributed by atoms with E-state index in [-0.39, 0.29) is 22.0 Å². The van der Waals surface area contributed by atoms with Crippen LogP contribution in [0, 0.1) is 12.7 Å². The fourth-order valence-electron chi connectivity index (χ4n) is 2.72. The van der Waals surface area contributed by atoms with Crippen LogP contribution in [0.15, 0.2) is 78.0 Å². The quantitative estimate of drug-likeness (QED) is 0.193. The van der Waals surface area contributed by atoms with Crippen LogP contribution in [0.4, 0.5) is 18.9 Å². The Labute approximate surface area is 181 Å². The Morgan fingerprint density at radius 1 is 1.07 bits per heavy atom. The number of thioether (sulfide) groups is 1. The maximum atomic E-state index is 13.3. The molecule has 154 valence electrons. The van der Waals surface area contributed by atoms with Gasteiger partial charge in [0.05, 0.1) is 0 Å². The van der Waals surface area contributed by atoms with Crippen molar-refractivity contribution in [3.8, 4) is 0 Å².